The van der Waals surface area contributed by atoms with Crippen LogP contribution in [0.1, 0.15) is 18.9 Å². The maximum Gasteiger partial charge on any atom is 0.374 e. The van der Waals surface area contributed by atoms with Crippen LogP contribution in [-0.2, 0) is 20.7 Å². The van der Waals surface area contributed by atoms with Crippen molar-refractivity contribution in [3.05, 3.63) is 34.3 Å². The van der Waals surface area contributed by atoms with Crippen molar-refractivity contribution in [2.45, 2.75) is 19.8 Å². The second-order valence-electron chi connectivity index (χ2n) is 3.24. The summed E-state index contributed by atoms with van der Waals surface area (Å²) in [6, 6.07) is 7.63. The summed E-state index contributed by atoms with van der Waals surface area (Å²) in [5.74, 6) is -1.22. The molecule has 0 aliphatic carbocycles. The van der Waals surface area contributed by atoms with E-state index < -0.39 is 11.8 Å². The molecule has 1 rings (SSSR count). The minimum absolute atomic E-state index is 0.182. The predicted octanol–water partition coefficient (Wildman–Crippen LogP) is 2.51. The number of carbonyl (C=O) groups is 2. The number of Topliss-reactive ketones (excluding diaryl/α,β-unsaturated/α-hetero) is 1. The average Bonchev–Trinajstić information content (AvgIpc) is 2.28. The van der Waals surface area contributed by atoms with Crippen molar-refractivity contribution in [1.82, 2.24) is 0 Å². The Balaban J connectivity index is 2.49. The highest BCUT2D eigenvalue weighted by Crippen LogP contribution is 2.17. The van der Waals surface area contributed by atoms with Crippen LogP contribution in [0.2, 0.25) is 0 Å². The van der Waals surface area contributed by atoms with Crippen molar-refractivity contribution in [2.24, 2.45) is 0 Å². The summed E-state index contributed by atoms with van der Waals surface area (Å²) in [6.45, 7) is 1.92. The first-order valence-corrected chi connectivity index (χ1v) is 5.87. The molecule has 3 nitrogen and oxygen atoms in total. The second-order valence-corrected chi connectivity index (χ2v) is 4.09. The molecule has 16 heavy (non-hydrogen) atoms. The lowest BCUT2D eigenvalue weighted by atomic mass is 10.1. The molecular weight excluding hydrogens is 272 g/mol. The van der Waals surface area contributed by atoms with Crippen LogP contribution < -0.4 is 0 Å². The summed E-state index contributed by atoms with van der Waals surface area (Å²) in [4.78, 5) is 22.4. The fourth-order valence-corrected chi connectivity index (χ4v) is 1.75. The summed E-state index contributed by atoms with van der Waals surface area (Å²) >= 11 is 3.39. The molecule has 1 aromatic carbocycles. The van der Waals surface area contributed by atoms with Gasteiger partial charge in [-0.25, -0.2) is 4.79 Å². The van der Waals surface area contributed by atoms with Gasteiger partial charge < -0.3 is 4.74 Å². The van der Waals surface area contributed by atoms with Crippen molar-refractivity contribution in [2.75, 3.05) is 6.61 Å². The molecular formula is C12H13BrO3. The molecule has 0 heterocycles. The highest BCUT2D eigenvalue weighted by Gasteiger charge is 2.14. The Bertz CT molecular complexity index is 388. The maximum atomic E-state index is 11.3. The molecule has 0 amide bonds. The summed E-state index contributed by atoms with van der Waals surface area (Å²) in [7, 11) is 0. The van der Waals surface area contributed by atoms with Gasteiger partial charge in [0.1, 0.15) is 0 Å². The van der Waals surface area contributed by atoms with Gasteiger partial charge in [-0.1, -0.05) is 34.1 Å². The van der Waals surface area contributed by atoms with Crippen LogP contribution >= 0.6 is 15.9 Å². The minimum atomic E-state index is -0.741. The Labute approximate surface area is 103 Å². The highest BCUT2D eigenvalue weighted by atomic mass is 79.9. The van der Waals surface area contributed by atoms with E-state index in [-0.39, 0.29) is 13.0 Å². The number of ketones is 1. The Hall–Kier alpha value is -1.16. The molecule has 86 valence electrons. The number of rotatable bonds is 5. The second kappa shape index (κ2) is 6.43. The van der Waals surface area contributed by atoms with Crippen LogP contribution in [0.3, 0.4) is 0 Å². The molecule has 0 fully saturated rings. The fourth-order valence-electron chi connectivity index (χ4n) is 1.26. The predicted molar refractivity (Wildman–Crippen MR) is 64.1 cm³/mol. The van der Waals surface area contributed by atoms with Crippen LogP contribution in [0.15, 0.2) is 28.7 Å². The van der Waals surface area contributed by atoms with Crippen molar-refractivity contribution < 1.29 is 14.3 Å². The number of hydrogen-bond donors (Lipinski definition) is 0. The van der Waals surface area contributed by atoms with Crippen molar-refractivity contribution >= 4 is 27.7 Å². The molecule has 0 saturated carbocycles. The zero-order valence-electron chi connectivity index (χ0n) is 9.03. The topological polar surface area (TPSA) is 43.4 Å². The van der Waals surface area contributed by atoms with E-state index in [0.29, 0.717) is 6.42 Å². The number of benzene rings is 1. The summed E-state index contributed by atoms with van der Waals surface area (Å²) in [5.41, 5.74) is 1.01. The fraction of sp³-hybridized carbons (Fsp3) is 0.333. The smallest absolute Gasteiger partial charge is 0.374 e. The third-order valence-electron chi connectivity index (χ3n) is 2.08. The first-order valence-electron chi connectivity index (χ1n) is 5.08. The van der Waals surface area contributed by atoms with E-state index in [9.17, 15) is 9.59 Å². The Morgan fingerprint density at radius 3 is 2.62 bits per heavy atom. The molecule has 0 aliphatic heterocycles. The lowest BCUT2D eigenvalue weighted by Gasteiger charge is -2.03. The number of ether oxygens (including phenoxy) is 1. The van der Waals surface area contributed by atoms with Gasteiger partial charge in [0, 0.05) is 10.9 Å². The van der Waals surface area contributed by atoms with Gasteiger partial charge >= 0.3 is 5.97 Å². The van der Waals surface area contributed by atoms with Crippen molar-refractivity contribution in [3.8, 4) is 0 Å². The molecule has 0 aromatic heterocycles. The summed E-state index contributed by atoms with van der Waals surface area (Å²) in [6.07, 6.45) is 0.723. The van der Waals surface area contributed by atoms with Gasteiger partial charge in [0.05, 0.1) is 6.61 Å². The van der Waals surface area contributed by atoms with Gasteiger partial charge in [-0.2, -0.15) is 0 Å². The summed E-state index contributed by atoms with van der Waals surface area (Å²) < 4.78 is 5.57. The van der Waals surface area contributed by atoms with Crippen LogP contribution in [0.25, 0.3) is 0 Å². The van der Waals surface area contributed by atoms with Crippen LogP contribution in [0.4, 0.5) is 0 Å². The first kappa shape index (κ1) is 12.9. The molecule has 0 radical (unpaired) electrons. The normalized spacial score (nSPS) is 9.88. The Morgan fingerprint density at radius 1 is 1.31 bits per heavy atom. The molecule has 1 aromatic rings. The number of hydrogen-bond acceptors (Lipinski definition) is 3. The van der Waals surface area contributed by atoms with Gasteiger partial charge in [-0.15, -0.1) is 0 Å². The van der Waals surface area contributed by atoms with E-state index >= 15 is 0 Å². The average molecular weight is 285 g/mol. The highest BCUT2D eigenvalue weighted by molar-refractivity contribution is 9.10. The van der Waals surface area contributed by atoms with Crippen LogP contribution in [-0.4, -0.2) is 18.4 Å². The number of esters is 1. The van der Waals surface area contributed by atoms with E-state index in [2.05, 4.69) is 20.7 Å². The lowest BCUT2D eigenvalue weighted by molar-refractivity contribution is -0.153. The van der Waals surface area contributed by atoms with Gasteiger partial charge in [0.15, 0.2) is 0 Å². The molecule has 0 atom stereocenters. The lowest BCUT2D eigenvalue weighted by Crippen LogP contribution is -2.17. The van der Waals surface area contributed by atoms with Gasteiger partial charge in [0.2, 0.25) is 5.78 Å². The Morgan fingerprint density at radius 2 is 2.00 bits per heavy atom. The van der Waals surface area contributed by atoms with E-state index in [0.717, 1.165) is 10.0 Å². The number of aryl methyl sites for hydroxylation is 1. The van der Waals surface area contributed by atoms with E-state index in [1.165, 1.54) is 0 Å². The third-order valence-corrected chi connectivity index (χ3v) is 2.86. The SMILES string of the molecule is CCOC(=O)C(=O)CCc1ccccc1Br. The molecule has 0 saturated heterocycles. The maximum absolute atomic E-state index is 11.3. The molecule has 4 heteroatoms. The number of halogens is 1. The molecule has 0 unspecified atom stereocenters. The zero-order valence-corrected chi connectivity index (χ0v) is 10.6. The molecule has 0 N–H and O–H groups in total. The minimum Gasteiger partial charge on any atom is -0.460 e. The van der Waals surface area contributed by atoms with Crippen molar-refractivity contribution in [3.63, 3.8) is 0 Å². The van der Waals surface area contributed by atoms with E-state index in [4.69, 9.17) is 0 Å². The first-order chi connectivity index (χ1) is 7.65. The van der Waals surface area contributed by atoms with Crippen LogP contribution in [0, 0.1) is 0 Å². The largest absolute Gasteiger partial charge is 0.460 e. The quantitative estimate of drug-likeness (QED) is 0.616. The van der Waals surface area contributed by atoms with E-state index in [1.807, 2.05) is 24.3 Å². The van der Waals surface area contributed by atoms with Gasteiger partial charge in [0.25, 0.3) is 0 Å². The van der Waals surface area contributed by atoms with E-state index in [1.54, 1.807) is 6.92 Å². The molecule has 0 spiro atoms. The van der Waals surface area contributed by atoms with Crippen molar-refractivity contribution in [1.29, 1.82) is 0 Å². The van der Waals surface area contributed by atoms with Gasteiger partial charge in [-0.3, -0.25) is 4.79 Å². The monoisotopic (exact) mass is 284 g/mol. The number of carbonyl (C=O) groups excluding carboxylic acids is 2. The standard InChI is InChI=1S/C12H13BrO3/c1-2-16-12(15)11(14)8-7-9-5-3-4-6-10(9)13/h3-6H,2,7-8H2,1H3. The van der Waals surface area contributed by atoms with Crippen LogP contribution in [0.5, 0.6) is 0 Å². The van der Waals surface area contributed by atoms with Gasteiger partial charge in [-0.05, 0) is 25.0 Å². The zero-order chi connectivity index (χ0) is 12.0. The molecule has 0 bridgehead atoms. The molecule has 0 aliphatic rings. The Kier molecular flexibility index (Phi) is 5.19. The summed E-state index contributed by atoms with van der Waals surface area (Å²) in [5, 5.41) is 0. The third kappa shape index (κ3) is 3.77.